The minimum absolute atomic E-state index is 0.226. The number of aromatic nitrogens is 1. The van der Waals surface area contributed by atoms with Crippen molar-refractivity contribution in [1.82, 2.24) is 4.98 Å². The molecule has 1 N–H and O–H groups in total. The number of para-hydroxylation sites is 2. The summed E-state index contributed by atoms with van der Waals surface area (Å²) in [7, 11) is 0. The molecular weight excluding hydrogens is 372 g/mol. The molecule has 0 unspecified atom stereocenters. The van der Waals surface area contributed by atoms with E-state index in [-0.39, 0.29) is 5.91 Å². The van der Waals surface area contributed by atoms with Crippen LogP contribution in [0.4, 0.5) is 5.69 Å². The van der Waals surface area contributed by atoms with Gasteiger partial charge in [-0.2, -0.15) is 0 Å². The van der Waals surface area contributed by atoms with Crippen LogP contribution in [0.2, 0.25) is 0 Å². The number of hydrogen-bond donors (Lipinski definition) is 1. The molecule has 0 spiro atoms. The van der Waals surface area contributed by atoms with Gasteiger partial charge in [0.05, 0.1) is 23.5 Å². The standard InChI is InChI=1S/C22H22N2O3S/c1-2-13-26-19-10-7-17(8-11-19)9-12-22(25)24-20-5-3-4-6-21(20)27-14-18-15-28-16-23-18/h3-12,15-16H,2,13-14H2,1H3,(H,24,25)/b12-9+. The van der Waals surface area contributed by atoms with Gasteiger partial charge in [0.25, 0.3) is 0 Å². The molecule has 1 aromatic heterocycles. The van der Waals surface area contributed by atoms with Crippen LogP contribution in [0, 0.1) is 0 Å². The maximum absolute atomic E-state index is 12.3. The molecule has 0 fully saturated rings. The number of carbonyl (C=O) groups excluding carboxylic acids is 1. The highest BCUT2D eigenvalue weighted by molar-refractivity contribution is 7.07. The van der Waals surface area contributed by atoms with Crippen molar-refractivity contribution in [3.05, 3.63) is 76.8 Å². The molecule has 2 aromatic carbocycles. The Kier molecular flexibility index (Phi) is 7.21. The van der Waals surface area contributed by atoms with E-state index in [4.69, 9.17) is 9.47 Å². The first-order valence-corrected chi connectivity index (χ1v) is 9.99. The summed E-state index contributed by atoms with van der Waals surface area (Å²) in [6, 6.07) is 15.0. The van der Waals surface area contributed by atoms with Crippen LogP contribution < -0.4 is 14.8 Å². The predicted molar refractivity (Wildman–Crippen MR) is 113 cm³/mol. The first-order chi connectivity index (χ1) is 13.7. The minimum Gasteiger partial charge on any atom is -0.494 e. The van der Waals surface area contributed by atoms with Gasteiger partial charge in [0.2, 0.25) is 5.91 Å². The van der Waals surface area contributed by atoms with E-state index < -0.39 is 0 Å². The molecule has 1 amide bonds. The van der Waals surface area contributed by atoms with Crippen molar-refractivity contribution < 1.29 is 14.3 Å². The fourth-order valence-corrected chi connectivity index (χ4v) is 2.94. The van der Waals surface area contributed by atoms with Crippen molar-refractivity contribution in [3.63, 3.8) is 0 Å². The smallest absolute Gasteiger partial charge is 0.248 e. The zero-order chi connectivity index (χ0) is 19.6. The Labute approximate surface area is 168 Å². The second-order valence-corrected chi connectivity index (χ2v) is 6.72. The van der Waals surface area contributed by atoms with Crippen LogP contribution in [0.15, 0.2) is 65.5 Å². The number of hydrogen-bond acceptors (Lipinski definition) is 5. The average molecular weight is 394 g/mol. The minimum atomic E-state index is -0.226. The number of carbonyl (C=O) groups is 1. The largest absolute Gasteiger partial charge is 0.494 e. The Bertz CT molecular complexity index is 906. The number of thiazole rings is 1. The monoisotopic (exact) mass is 394 g/mol. The van der Waals surface area contributed by atoms with E-state index in [0.717, 1.165) is 23.4 Å². The topological polar surface area (TPSA) is 60.5 Å². The third-order valence-corrected chi connectivity index (χ3v) is 4.42. The van der Waals surface area contributed by atoms with E-state index in [1.807, 2.05) is 53.9 Å². The fourth-order valence-electron chi connectivity index (χ4n) is 2.40. The highest BCUT2D eigenvalue weighted by Gasteiger charge is 2.06. The molecule has 1 heterocycles. The number of rotatable bonds is 9. The highest BCUT2D eigenvalue weighted by atomic mass is 32.1. The number of ether oxygens (including phenoxy) is 2. The van der Waals surface area contributed by atoms with Crippen LogP contribution in [0.3, 0.4) is 0 Å². The summed E-state index contributed by atoms with van der Waals surface area (Å²) in [5, 5.41) is 4.79. The molecule has 6 heteroatoms. The lowest BCUT2D eigenvalue weighted by Gasteiger charge is -2.10. The van der Waals surface area contributed by atoms with Crippen LogP contribution in [-0.4, -0.2) is 17.5 Å². The Morgan fingerprint density at radius 2 is 1.96 bits per heavy atom. The molecule has 5 nitrogen and oxygen atoms in total. The van der Waals surface area contributed by atoms with Gasteiger partial charge in [-0.25, -0.2) is 4.98 Å². The zero-order valence-corrected chi connectivity index (χ0v) is 16.4. The Hall–Kier alpha value is -3.12. The molecule has 3 rings (SSSR count). The third kappa shape index (κ3) is 5.96. The van der Waals surface area contributed by atoms with E-state index in [9.17, 15) is 4.79 Å². The number of benzene rings is 2. The van der Waals surface area contributed by atoms with Crippen LogP contribution >= 0.6 is 11.3 Å². The van der Waals surface area contributed by atoms with Gasteiger partial charge in [-0.3, -0.25) is 4.79 Å². The quantitative estimate of drug-likeness (QED) is 0.509. The number of nitrogens with zero attached hydrogens (tertiary/aromatic N) is 1. The molecule has 0 radical (unpaired) electrons. The molecule has 0 bridgehead atoms. The van der Waals surface area contributed by atoms with Crippen molar-refractivity contribution in [1.29, 1.82) is 0 Å². The van der Waals surface area contributed by atoms with Gasteiger partial charge in [0.15, 0.2) is 0 Å². The lowest BCUT2D eigenvalue weighted by Crippen LogP contribution is -2.09. The summed E-state index contributed by atoms with van der Waals surface area (Å²) in [6.07, 6.45) is 4.23. The number of nitrogens with one attached hydrogen (secondary N) is 1. The van der Waals surface area contributed by atoms with Gasteiger partial charge in [-0.05, 0) is 42.3 Å². The van der Waals surface area contributed by atoms with E-state index in [1.165, 1.54) is 17.4 Å². The van der Waals surface area contributed by atoms with Crippen LogP contribution in [0.5, 0.6) is 11.5 Å². The normalized spacial score (nSPS) is 10.8. The van der Waals surface area contributed by atoms with Crippen LogP contribution in [0.1, 0.15) is 24.6 Å². The molecule has 0 saturated heterocycles. The molecule has 0 saturated carbocycles. The SMILES string of the molecule is CCCOc1ccc(/C=C/C(=O)Nc2ccccc2OCc2cscn2)cc1. The van der Waals surface area contributed by atoms with Crippen molar-refractivity contribution in [2.45, 2.75) is 20.0 Å². The predicted octanol–water partition coefficient (Wildman–Crippen LogP) is 5.16. The van der Waals surface area contributed by atoms with Gasteiger partial charge in [-0.15, -0.1) is 11.3 Å². The Morgan fingerprint density at radius 1 is 1.14 bits per heavy atom. The number of amides is 1. The summed E-state index contributed by atoms with van der Waals surface area (Å²) in [4.78, 5) is 16.5. The van der Waals surface area contributed by atoms with Crippen LogP contribution in [-0.2, 0) is 11.4 Å². The van der Waals surface area contributed by atoms with Gasteiger partial charge in [0.1, 0.15) is 18.1 Å². The summed E-state index contributed by atoms with van der Waals surface area (Å²) in [5.74, 6) is 1.21. The maximum Gasteiger partial charge on any atom is 0.248 e. The molecule has 144 valence electrons. The average Bonchev–Trinajstić information content (AvgIpc) is 3.24. The van der Waals surface area contributed by atoms with Gasteiger partial charge in [-0.1, -0.05) is 31.2 Å². The molecule has 0 aliphatic rings. The molecule has 3 aromatic rings. The lowest BCUT2D eigenvalue weighted by atomic mass is 10.2. The van der Waals surface area contributed by atoms with Crippen molar-refractivity contribution in [3.8, 4) is 11.5 Å². The van der Waals surface area contributed by atoms with Crippen molar-refractivity contribution in [2.75, 3.05) is 11.9 Å². The zero-order valence-electron chi connectivity index (χ0n) is 15.6. The second kappa shape index (κ2) is 10.3. The molecule has 0 aliphatic carbocycles. The molecule has 0 atom stereocenters. The third-order valence-electron chi connectivity index (χ3n) is 3.78. The summed E-state index contributed by atoms with van der Waals surface area (Å²) in [5.41, 5.74) is 4.17. The fraction of sp³-hybridized carbons (Fsp3) is 0.182. The van der Waals surface area contributed by atoms with Crippen LogP contribution in [0.25, 0.3) is 6.08 Å². The highest BCUT2D eigenvalue weighted by Crippen LogP contribution is 2.25. The van der Waals surface area contributed by atoms with Crippen molar-refractivity contribution >= 4 is 29.0 Å². The van der Waals surface area contributed by atoms with E-state index >= 15 is 0 Å². The Morgan fingerprint density at radius 3 is 2.71 bits per heavy atom. The summed E-state index contributed by atoms with van der Waals surface area (Å²) in [6.45, 7) is 3.12. The van der Waals surface area contributed by atoms with E-state index in [1.54, 1.807) is 11.6 Å². The molecule has 0 aliphatic heterocycles. The summed E-state index contributed by atoms with van der Waals surface area (Å²) < 4.78 is 11.3. The van der Waals surface area contributed by atoms with Gasteiger partial charge >= 0.3 is 0 Å². The van der Waals surface area contributed by atoms with E-state index in [0.29, 0.717) is 24.7 Å². The summed E-state index contributed by atoms with van der Waals surface area (Å²) >= 11 is 1.52. The second-order valence-electron chi connectivity index (χ2n) is 6.00. The molecule has 28 heavy (non-hydrogen) atoms. The van der Waals surface area contributed by atoms with Gasteiger partial charge in [0, 0.05) is 11.5 Å². The van der Waals surface area contributed by atoms with E-state index in [2.05, 4.69) is 17.2 Å². The first-order valence-electron chi connectivity index (χ1n) is 9.05. The lowest BCUT2D eigenvalue weighted by molar-refractivity contribution is -0.111. The van der Waals surface area contributed by atoms with Crippen molar-refractivity contribution in [2.24, 2.45) is 0 Å². The van der Waals surface area contributed by atoms with Gasteiger partial charge < -0.3 is 14.8 Å². The Balaban J connectivity index is 1.57. The maximum atomic E-state index is 12.3. The number of anilines is 1. The molecular formula is C22H22N2O3S. The first kappa shape index (κ1) is 19.6.